The van der Waals surface area contributed by atoms with Gasteiger partial charge in [-0.3, -0.25) is 4.79 Å². The van der Waals surface area contributed by atoms with Crippen molar-refractivity contribution in [1.29, 1.82) is 0 Å². The molecular weight excluding hydrogens is 388 g/mol. The maximum absolute atomic E-state index is 13.5. The number of carbonyl (C=O) groups excluding carboxylic acids is 1. The first kappa shape index (κ1) is 21.8. The van der Waals surface area contributed by atoms with Crippen LogP contribution in [-0.2, 0) is 28.7 Å². The van der Waals surface area contributed by atoms with Gasteiger partial charge in [0, 0.05) is 37.0 Å². The van der Waals surface area contributed by atoms with Crippen molar-refractivity contribution >= 4 is 11.9 Å². The number of rotatable bonds is 2. The molecule has 31 heavy (non-hydrogen) atoms. The van der Waals surface area contributed by atoms with Crippen LogP contribution in [0.4, 0.5) is 5.95 Å². The number of hydrogen-bond donors (Lipinski definition) is 0. The van der Waals surface area contributed by atoms with Crippen LogP contribution in [0.2, 0.25) is 0 Å². The largest absolute Gasteiger partial charge is 0.378 e. The van der Waals surface area contributed by atoms with Crippen molar-refractivity contribution in [3.63, 3.8) is 0 Å². The number of anilines is 1. The smallest absolute Gasteiger partial charge is 0.254 e. The molecule has 0 unspecified atom stereocenters. The van der Waals surface area contributed by atoms with E-state index in [4.69, 9.17) is 9.72 Å². The van der Waals surface area contributed by atoms with Gasteiger partial charge in [-0.25, -0.2) is 9.97 Å². The Labute approximate surface area is 185 Å². The molecule has 1 aromatic heterocycles. The van der Waals surface area contributed by atoms with Gasteiger partial charge in [0.1, 0.15) is 0 Å². The molecule has 1 amide bonds. The predicted octanol–water partition coefficient (Wildman–Crippen LogP) is 4.06. The minimum Gasteiger partial charge on any atom is -0.378 e. The van der Waals surface area contributed by atoms with Crippen LogP contribution in [0.5, 0.6) is 0 Å². The van der Waals surface area contributed by atoms with Gasteiger partial charge in [-0.05, 0) is 34.1 Å². The summed E-state index contributed by atoms with van der Waals surface area (Å²) in [5, 5.41) is 0. The zero-order chi connectivity index (χ0) is 22.4. The van der Waals surface area contributed by atoms with Crippen LogP contribution in [0.1, 0.15) is 74.3 Å². The predicted molar refractivity (Wildman–Crippen MR) is 122 cm³/mol. The summed E-state index contributed by atoms with van der Waals surface area (Å²) < 4.78 is 5.43. The van der Waals surface area contributed by atoms with E-state index in [0.29, 0.717) is 26.3 Å². The molecule has 0 atom stereocenters. The quantitative estimate of drug-likeness (QED) is 0.730. The van der Waals surface area contributed by atoms with Crippen molar-refractivity contribution in [1.82, 2.24) is 14.9 Å². The lowest BCUT2D eigenvalue weighted by Crippen LogP contribution is -2.37. The van der Waals surface area contributed by atoms with Crippen molar-refractivity contribution in [2.75, 3.05) is 31.2 Å². The van der Waals surface area contributed by atoms with E-state index >= 15 is 0 Å². The van der Waals surface area contributed by atoms with Crippen LogP contribution in [0.3, 0.4) is 0 Å². The Hall–Kier alpha value is -2.47. The summed E-state index contributed by atoms with van der Waals surface area (Å²) in [5.41, 5.74) is 5.07. The molecule has 4 rings (SSSR count). The fourth-order valence-corrected chi connectivity index (χ4v) is 4.00. The molecule has 2 aromatic rings. The lowest BCUT2D eigenvalue weighted by atomic mass is 9.79. The summed E-state index contributed by atoms with van der Waals surface area (Å²) in [6.07, 6.45) is 1.88. The highest BCUT2D eigenvalue weighted by atomic mass is 16.5. The number of ether oxygens (including phenoxy) is 1. The number of amides is 1. The van der Waals surface area contributed by atoms with Crippen LogP contribution in [0.25, 0.3) is 0 Å². The first-order valence-electron chi connectivity index (χ1n) is 11.2. The Kier molecular flexibility index (Phi) is 5.54. The van der Waals surface area contributed by atoms with Crippen LogP contribution >= 0.6 is 0 Å². The number of carbonyl (C=O) groups is 1. The summed E-state index contributed by atoms with van der Waals surface area (Å²) in [6.45, 7) is 17.2. The van der Waals surface area contributed by atoms with E-state index in [2.05, 4.69) is 69.6 Å². The van der Waals surface area contributed by atoms with Gasteiger partial charge >= 0.3 is 0 Å². The van der Waals surface area contributed by atoms with Crippen molar-refractivity contribution < 1.29 is 9.53 Å². The first-order valence-corrected chi connectivity index (χ1v) is 11.2. The van der Waals surface area contributed by atoms with Crippen LogP contribution in [0, 0.1) is 0 Å². The van der Waals surface area contributed by atoms with Gasteiger partial charge in [0.25, 0.3) is 5.91 Å². The molecule has 2 aliphatic heterocycles. The average Bonchev–Trinajstić information content (AvgIpc) is 3.15. The Morgan fingerprint density at radius 3 is 2.13 bits per heavy atom. The lowest BCUT2D eigenvalue weighted by Gasteiger charge is -2.27. The Morgan fingerprint density at radius 2 is 1.55 bits per heavy atom. The van der Waals surface area contributed by atoms with Gasteiger partial charge in [-0.15, -0.1) is 0 Å². The van der Waals surface area contributed by atoms with Gasteiger partial charge in [0.2, 0.25) is 5.95 Å². The Bertz CT molecular complexity index is 950. The van der Waals surface area contributed by atoms with Crippen molar-refractivity contribution in [3.05, 3.63) is 52.3 Å². The normalized spacial score (nSPS) is 17.1. The molecule has 0 radical (unpaired) electrons. The molecule has 1 fully saturated rings. The number of benzene rings is 1. The second-order valence-corrected chi connectivity index (χ2v) is 10.7. The summed E-state index contributed by atoms with van der Waals surface area (Å²) in [5.74, 6) is 0.795. The third-order valence-electron chi connectivity index (χ3n) is 6.14. The van der Waals surface area contributed by atoms with E-state index in [1.165, 1.54) is 11.1 Å². The zero-order valence-electron chi connectivity index (χ0n) is 19.7. The fraction of sp³-hybridized carbons (Fsp3) is 0.560. The molecular formula is C25H34N4O2. The second-order valence-electron chi connectivity index (χ2n) is 10.7. The minimum absolute atomic E-state index is 0.0250. The molecule has 0 N–H and O–H groups in total. The molecule has 1 saturated heterocycles. The van der Waals surface area contributed by atoms with Crippen LogP contribution < -0.4 is 4.90 Å². The third-order valence-corrected chi connectivity index (χ3v) is 6.14. The Morgan fingerprint density at radius 1 is 0.935 bits per heavy atom. The summed E-state index contributed by atoms with van der Waals surface area (Å²) in [4.78, 5) is 26.9. The molecule has 6 nitrogen and oxygen atoms in total. The van der Waals surface area contributed by atoms with Crippen molar-refractivity contribution in [3.8, 4) is 0 Å². The van der Waals surface area contributed by atoms with Crippen molar-refractivity contribution in [2.45, 2.75) is 65.5 Å². The van der Waals surface area contributed by atoms with E-state index in [0.717, 1.165) is 35.9 Å². The summed E-state index contributed by atoms with van der Waals surface area (Å²) in [7, 11) is 0. The molecule has 3 heterocycles. The van der Waals surface area contributed by atoms with E-state index in [1.807, 2.05) is 11.1 Å². The monoisotopic (exact) mass is 422 g/mol. The van der Waals surface area contributed by atoms with E-state index < -0.39 is 0 Å². The highest BCUT2D eigenvalue weighted by Crippen LogP contribution is 2.32. The highest BCUT2D eigenvalue weighted by molar-refractivity contribution is 5.95. The zero-order valence-corrected chi connectivity index (χ0v) is 19.7. The standard InChI is InChI=1S/C25H34N4O2/c1-24(2,3)19-11-17(12-20(13-19)25(4,5)6)22(30)29-15-18-14-26-23(27-21(18)16-29)28-7-9-31-10-8-28/h11-14H,7-10,15-16H2,1-6H3. The number of aromatic nitrogens is 2. The minimum atomic E-state index is -0.0250. The van der Waals surface area contributed by atoms with Gasteiger partial charge < -0.3 is 14.5 Å². The number of nitrogens with zero attached hydrogens (tertiary/aromatic N) is 4. The van der Waals surface area contributed by atoms with Gasteiger partial charge in [-0.2, -0.15) is 0 Å². The fourth-order valence-electron chi connectivity index (χ4n) is 4.00. The summed E-state index contributed by atoms with van der Waals surface area (Å²) >= 11 is 0. The van der Waals surface area contributed by atoms with Gasteiger partial charge in [-0.1, -0.05) is 47.6 Å². The highest BCUT2D eigenvalue weighted by Gasteiger charge is 2.29. The SMILES string of the molecule is CC(C)(C)c1cc(C(=O)N2Cc3cnc(N4CCOCC4)nc3C2)cc(C(C)(C)C)c1. The molecule has 6 heteroatoms. The third kappa shape index (κ3) is 4.59. The van der Waals surface area contributed by atoms with Crippen LogP contribution in [-0.4, -0.2) is 47.1 Å². The van der Waals surface area contributed by atoms with E-state index in [9.17, 15) is 4.79 Å². The lowest BCUT2D eigenvalue weighted by molar-refractivity contribution is 0.0750. The number of hydrogen-bond acceptors (Lipinski definition) is 5. The molecule has 166 valence electrons. The molecule has 0 saturated carbocycles. The average molecular weight is 423 g/mol. The molecule has 0 bridgehead atoms. The first-order chi connectivity index (χ1) is 14.5. The van der Waals surface area contributed by atoms with E-state index in [-0.39, 0.29) is 16.7 Å². The number of fused-ring (bicyclic) bond motifs is 1. The van der Waals surface area contributed by atoms with Gasteiger partial charge in [0.05, 0.1) is 25.5 Å². The summed E-state index contributed by atoms with van der Waals surface area (Å²) in [6, 6.07) is 6.37. The van der Waals surface area contributed by atoms with Crippen molar-refractivity contribution in [2.24, 2.45) is 0 Å². The maximum atomic E-state index is 13.5. The molecule has 2 aliphatic rings. The van der Waals surface area contributed by atoms with E-state index in [1.54, 1.807) is 0 Å². The molecule has 0 aliphatic carbocycles. The number of morpholine rings is 1. The van der Waals surface area contributed by atoms with Gasteiger partial charge in [0.15, 0.2) is 0 Å². The molecule has 0 spiro atoms. The molecule has 1 aromatic carbocycles. The Balaban J connectivity index is 1.59. The maximum Gasteiger partial charge on any atom is 0.254 e. The van der Waals surface area contributed by atoms with Crippen LogP contribution in [0.15, 0.2) is 24.4 Å². The topological polar surface area (TPSA) is 58.6 Å². The second kappa shape index (κ2) is 7.90.